The molecule has 4 saturated carbocycles. The molecule has 0 saturated heterocycles. The Kier molecular flexibility index (Phi) is 6.30. The number of aromatic hydroxyl groups is 1. The fourth-order valence-electron chi connectivity index (χ4n) is 8.80. The lowest BCUT2D eigenvalue weighted by Gasteiger charge is -2.55. The second-order valence-electron chi connectivity index (χ2n) is 11.8. The Balaban J connectivity index is 1.60. The van der Waals surface area contributed by atoms with Crippen LogP contribution in [0.2, 0.25) is 0 Å². The van der Waals surface area contributed by atoms with E-state index in [4.69, 9.17) is 14.2 Å². The van der Waals surface area contributed by atoms with Gasteiger partial charge in [-0.2, -0.15) is 0 Å². The van der Waals surface area contributed by atoms with Gasteiger partial charge in [-0.05, 0) is 68.4 Å². The molecule has 0 radical (unpaired) electrons. The van der Waals surface area contributed by atoms with Gasteiger partial charge in [0, 0.05) is 32.5 Å². The van der Waals surface area contributed by atoms with E-state index in [1.54, 1.807) is 38.5 Å². The Labute approximate surface area is 213 Å². The number of methoxy groups -OCH3 is 2. The maximum atomic E-state index is 13.3. The average Bonchev–Trinajstić information content (AvgIpc) is 3.01. The third kappa shape index (κ3) is 3.35. The molecule has 7 heteroatoms. The van der Waals surface area contributed by atoms with Crippen LogP contribution in [-0.4, -0.2) is 64.5 Å². The van der Waals surface area contributed by atoms with Gasteiger partial charge >= 0.3 is 5.97 Å². The highest BCUT2D eigenvalue weighted by atomic mass is 16.6. The van der Waals surface area contributed by atoms with Gasteiger partial charge in [0.05, 0.1) is 12.2 Å². The van der Waals surface area contributed by atoms with E-state index >= 15 is 0 Å². The highest BCUT2D eigenvalue weighted by Crippen LogP contribution is 2.67. The molecular formula is C29H40O7. The third-order valence-electron chi connectivity index (χ3n) is 10.6. The standard InChI is InChI=1S/C29H40O7/c1-6-17-13-20-25(21-14-19-16(2)29(21,33)28(17,32)15-24(19)35-5)23(34-4)11-12-27(20,3)36-26(31)18-9-7-8-10-22(18)30/h6-10,16-17,19-21,23-25,30,32-33H,1,11-15H2,2-5H3/t16-,17+,19-,20?,21?,23-,24-,25?,27-,28-,29+/m0/s1. The van der Waals surface area contributed by atoms with Crippen LogP contribution in [0.3, 0.4) is 0 Å². The van der Waals surface area contributed by atoms with E-state index in [1.807, 2.05) is 13.8 Å². The smallest absolute Gasteiger partial charge is 0.342 e. The van der Waals surface area contributed by atoms with E-state index < -0.39 is 28.7 Å². The number of carbonyl (C=O) groups excluding carboxylic acids is 1. The fourth-order valence-corrected chi connectivity index (χ4v) is 8.80. The average molecular weight is 501 g/mol. The first-order chi connectivity index (χ1) is 17.1. The number of phenolic OH excluding ortho intramolecular Hbond substituents is 1. The van der Waals surface area contributed by atoms with Crippen molar-refractivity contribution in [3.63, 3.8) is 0 Å². The van der Waals surface area contributed by atoms with E-state index in [0.29, 0.717) is 32.1 Å². The second-order valence-corrected chi connectivity index (χ2v) is 11.8. The lowest BCUT2D eigenvalue weighted by molar-refractivity contribution is -0.248. The van der Waals surface area contributed by atoms with E-state index in [9.17, 15) is 20.1 Å². The minimum absolute atomic E-state index is 0.115. The summed E-state index contributed by atoms with van der Waals surface area (Å²) >= 11 is 0. The van der Waals surface area contributed by atoms with Crippen molar-refractivity contribution < 1.29 is 34.3 Å². The van der Waals surface area contributed by atoms with Crippen LogP contribution in [0.4, 0.5) is 0 Å². The minimum Gasteiger partial charge on any atom is -0.507 e. The molecule has 0 spiro atoms. The summed E-state index contributed by atoms with van der Waals surface area (Å²) in [7, 11) is 3.38. The molecule has 1 aromatic rings. The van der Waals surface area contributed by atoms with Gasteiger partial charge in [0.2, 0.25) is 0 Å². The van der Waals surface area contributed by atoms with Crippen molar-refractivity contribution in [2.75, 3.05) is 14.2 Å². The number of hydrogen-bond acceptors (Lipinski definition) is 7. The number of fused-ring (bicyclic) bond motifs is 3. The number of para-hydroxylation sites is 1. The molecule has 5 rings (SSSR count). The molecule has 0 aliphatic heterocycles. The summed E-state index contributed by atoms with van der Waals surface area (Å²) in [6.45, 7) is 8.06. The van der Waals surface area contributed by atoms with Crippen LogP contribution in [0.25, 0.3) is 0 Å². The predicted molar refractivity (Wildman–Crippen MR) is 133 cm³/mol. The number of esters is 1. The molecule has 4 aliphatic rings. The van der Waals surface area contributed by atoms with Crippen LogP contribution >= 0.6 is 0 Å². The van der Waals surface area contributed by atoms with Crippen molar-refractivity contribution in [1.82, 2.24) is 0 Å². The zero-order chi connectivity index (χ0) is 26.0. The molecule has 4 fully saturated rings. The molecule has 4 aliphatic carbocycles. The maximum Gasteiger partial charge on any atom is 0.342 e. The number of rotatable bonds is 5. The Hall–Kier alpha value is -1.93. The number of benzene rings is 1. The van der Waals surface area contributed by atoms with Crippen molar-refractivity contribution in [1.29, 1.82) is 0 Å². The first kappa shape index (κ1) is 25.7. The van der Waals surface area contributed by atoms with Crippen molar-refractivity contribution in [3.05, 3.63) is 42.5 Å². The number of aliphatic hydroxyl groups is 2. The summed E-state index contributed by atoms with van der Waals surface area (Å²) in [5.74, 6) is -1.71. The summed E-state index contributed by atoms with van der Waals surface area (Å²) in [5.41, 5.74) is -3.48. The quantitative estimate of drug-likeness (QED) is 0.418. The Morgan fingerprint density at radius 1 is 1.11 bits per heavy atom. The number of carbonyl (C=O) groups is 1. The molecule has 36 heavy (non-hydrogen) atoms. The summed E-state index contributed by atoms with van der Waals surface area (Å²) in [4.78, 5) is 13.3. The maximum absolute atomic E-state index is 13.3. The van der Waals surface area contributed by atoms with Gasteiger partial charge in [-0.25, -0.2) is 4.79 Å². The fraction of sp³-hybridized carbons (Fsp3) is 0.690. The van der Waals surface area contributed by atoms with Gasteiger partial charge in [-0.3, -0.25) is 0 Å². The summed E-state index contributed by atoms with van der Waals surface area (Å²) in [5, 5.41) is 35.1. The number of phenols is 1. The molecule has 3 unspecified atom stereocenters. The lowest BCUT2D eigenvalue weighted by atomic mass is 9.58. The lowest BCUT2D eigenvalue weighted by Crippen LogP contribution is -2.67. The van der Waals surface area contributed by atoms with Crippen LogP contribution in [0.1, 0.15) is 56.3 Å². The molecule has 0 aromatic heterocycles. The second kappa shape index (κ2) is 8.83. The summed E-state index contributed by atoms with van der Waals surface area (Å²) < 4.78 is 18.1. The molecular weight excluding hydrogens is 460 g/mol. The van der Waals surface area contributed by atoms with Crippen molar-refractivity contribution in [2.45, 2.75) is 75.0 Å². The topological polar surface area (TPSA) is 105 Å². The first-order valence-electron chi connectivity index (χ1n) is 13.2. The minimum atomic E-state index is -1.41. The molecule has 198 valence electrons. The number of hydrogen-bond donors (Lipinski definition) is 3. The van der Waals surface area contributed by atoms with Crippen LogP contribution in [0, 0.1) is 35.5 Å². The van der Waals surface area contributed by atoms with Gasteiger partial charge in [0.25, 0.3) is 0 Å². The SMILES string of the molecule is C=C[C@@H]1CC2C(C3C[C@@H]4[C@@H](OC)C[C@@]1(O)[C@@]3(O)[C@H]4C)[C@@H](OC)CC[C@]2(C)OC(=O)c1ccccc1O. The van der Waals surface area contributed by atoms with Crippen LogP contribution in [-0.2, 0) is 14.2 Å². The van der Waals surface area contributed by atoms with Crippen molar-refractivity contribution >= 4 is 5.97 Å². The van der Waals surface area contributed by atoms with Gasteiger partial charge in [-0.15, -0.1) is 6.58 Å². The first-order valence-corrected chi connectivity index (χ1v) is 13.2. The number of ether oxygens (including phenoxy) is 3. The van der Waals surface area contributed by atoms with Crippen LogP contribution in [0.15, 0.2) is 36.9 Å². The summed E-state index contributed by atoms with van der Waals surface area (Å²) in [6, 6.07) is 6.39. The molecule has 2 bridgehead atoms. The Bertz CT molecular complexity index is 1030. The highest BCUT2D eigenvalue weighted by Gasteiger charge is 2.75. The monoisotopic (exact) mass is 500 g/mol. The van der Waals surface area contributed by atoms with Gasteiger partial charge in [-0.1, -0.05) is 25.1 Å². The van der Waals surface area contributed by atoms with E-state index in [0.717, 1.165) is 0 Å². The zero-order valence-electron chi connectivity index (χ0n) is 21.7. The van der Waals surface area contributed by atoms with Gasteiger partial charge in [0.1, 0.15) is 28.1 Å². The van der Waals surface area contributed by atoms with Gasteiger partial charge < -0.3 is 29.5 Å². The molecule has 0 heterocycles. The van der Waals surface area contributed by atoms with Crippen molar-refractivity contribution in [3.8, 4) is 5.75 Å². The Morgan fingerprint density at radius 2 is 1.81 bits per heavy atom. The molecule has 3 N–H and O–H groups in total. The largest absolute Gasteiger partial charge is 0.507 e. The van der Waals surface area contributed by atoms with E-state index in [-0.39, 0.29) is 53.1 Å². The van der Waals surface area contributed by atoms with E-state index in [1.165, 1.54) is 6.07 Å². The molecule has 0 amide bonds. The Morgan fingerprint density at radius 3 is 2.44 bits per heavy atom. The third-order valence-corrected chi connectivity index (χ3v) is 10.6. The van der Waals surface area contributed by atoms with Crippen LogP contribution < -0.4 is 0 Å². The predicted octanol–water partition coefficient (Wildman–Crippen LogP) is 3.71. The van der Waals surface area contributed by atoms with Crippen molar-refractivity contribution in [2.24, 2.45) is 35.5 Å². The molecule has 11 atom stereocenters. The molecule has 1 aromatic carbocycles. The molecule has 7 nitrogen and oxygen atoms in total. The highest BCUT2D eigenvalue weighted by molar-refractivity contribution is 5.92. The zero-order valence-corrected chi connectivity index (χ0v) is 21.7. The van der Waals surface area contributed by atoms with Crippen LogP contribution in [0.5, 0.6) is 5.75 Å². The normalized spacial score (nSPS) is 47.5. The van der Waals surface area contributed by atoms with Gasteiger partial charge in [0.15, 0.2) is 0 Å². The summed E-state index contributed by atoms with van der Waals surface area (Å²) in [6.07, 6.45) is 4.28. The van der Waals surface area contributed by atoms with E-state index in [2.05, 4.69) is 6.58 Å².